The van der Waals surface area contributed by atoms with Crippen molar-refractivity contribution in [2.75, 3.05) is 0 Å². The number of nitrogens with zero attached hydrogens (tertiary/aromatic N) is 1. The third-order valence-electron chi connectivity index (χ3n) is 2.65. The molecule has 1 aromatic heterocycles. The van der Waals surface area contributed by atoms with Crippen LogP contribution in [0.25, 0.3) is 11.3 Å². The van der Waals surface area contributed by atoms with Gasteiger partial charge in [-0.1, -0.05) is 23.7 Å². The van der Waals surface area contributed by atoms with Crippen LogP contribution in [-0.4, -0.2) is 9.67 Å². The SMILES string of the molecule is Cc1cc(O)ccc1-c1[c-]cc(Cl)c(=O)n1C.[Y]. The Kier molecular flexibility index (Phi) is 5.14. The Bertz CT molecular complexity index is 637. The minimum absolute atomic E-state index is 0. The Balaban J connectivity index is 0.00000162. The predicted octanol–water partition coefficient (Wildman–Crippen LogP) is 2.52. The zero-order valence-corrected chi connectivity index (χ0v) is 13.7. The molecule has 2 aromatic rings. The Morgan fingerprint density at radius 1 is 1.39 bits per heavy atom. The first kappa shape index (κ1) is 15.4. The van der Waals surface area contributed by atoms with Gasteiger partial charge in [0.25, 0.3) is 0 Å². The van der Waals surface area contributed by atoms with E-state index < -0.39 is 0 Å². The van der Waals surface area contributed by atoms with Gasteiger partial charge in [-0.15, -0.1) is 6.07 Å². The Morgan fingerprint density at radius 2 is 2.06 bits per heavy atom. The molecule has 0 atom stereocenters. The Labute approximate surface area is 135 Å². The molecule has 0 saturated heterocycles. The average molecular weight is 338 g/mol. The van der Waals surface area contributed by atoms with Crippen LogP contribution in [0.2, 0.25) is 5.02 Å². The van der Waals surface area contributed by atoms with Gasteiger partial charge in [0, 0.05) is 44.8 Å². The van der Waals surface area contributed by atoms with Gasteiger partial charge in [0.05, 0.1) is 0 Å². The van der Waals surface area contributed by atoms with Crippen molar-refractivity contribution < 1.29 is 37.8 Å². The fraction of sp³-hybridized carbons (Fsp3) is 0.154. The van der Waals surface area contributed by atoms with Crippen molar-refractivity contribution in [2.45, 2.75) is 6.92 Å². The number of phenols is 1. The van der Waals surface area contributed by atoms with Gasteiger partial charge in [-0.25, -0.2) is 0 Å². The molecule has 0 bridgehead atoms. The molecule has 91 valence electrons. The largest absolute Gasteiger partial charge is 0.508 e. The van der Waals surface area contributed by atoms with E-state index in [2.05, 4.69) is 6.07 Å². The topological polar surface area (TPSA) is 42.2 Å². The minimum atomic E-state index is -0.257. The molecular weight excluding hydrogens is 327 g/mol. The number of benzene rings is 1. The fourth-order valence-electron chi connectivity index (χ4n) is 1.72. The molecule has 1 radical (unpaired) electrons. The number of rotatable bonds is 1. The van der Waals surface area contributed by atoms with E-state index in [-0.39, 0.29) is 49.0 Å². The van der Waals surface area contributed by atoms with Gasteiger partial charge in [-0.05, 0) is 12.1 Å². The van der Waals surface area contributed by atoms with E-state index in [0.717, 1.165) is 11.1 Å². The summed E-state index contributed by atoms with van der Waals surface area (Å²) in [5.74, 6) is 0.199. The number of hydrogen-bond acceptors (Lipinski definition) is 2. The van der Waals surface area contributed by atoms with Gasteiger partial charge >= 0.3 is 0 Å². The van der Waals surface area contributed by atoms with E-state index in [1.807, 2.05) is 6.92 Å². The monoisotopic (exact) mass is 337 g/mol. The summed E-state index contributed by atoms with van der Waals surface area (Å²) >= 11 is 5.73. The minimum Gasteiger partial charge on any atom is -0.508 e. The van der Waals surface area contributed by atoms with E-state index in [4.69, 9.17) is 11.6 Å². The maximum absolute atomic E-state index is 11.7. The summed E-state index contributed by atoms with van der Waals surface area (Å²) in [6.07, 6.45) is 0. The molecule has 5 heteroatoms. The molecule has 0 aliphatic rings. The summed E-state index contributed by atoms with van der Waals surface area (Å²) in [7, 11) is 1.65. The summed E-state index contributed by atoms with van der Waals surface area (Å²) in [5.41, 5.74) is 2.11. The average Bonchev–Trinajstić information content (AvgIpc) is 2.28. The predicted molar refractivity (Wildman–Crippen MR) is 67.4 cm³/mol. The normalized spacial score (nSPS) is 9.94. The van der Waals surface area contributed by atoms with Crippen molar-refractivity contribution in [3.63, 3.8) is 0 Å². The summed E-state index contributed by atoms with van der Waals surface area (Å²) in [6.45, 7) is 1.86. The molecule has 0 aliphatic heterocycles. The maximum Gasteiger partial charge on any atom is 0.212 e. The second kappa shape index (κ2) is 6.00. The van der Waals surface area contributed by atoms with Crippen molar-refractivity contribution in [1.29, 1.82) is 0 Å². The molecule has 1 aromatic carbocycles. The van der Waals surface area contributed by atoms with Gasteiger partial charge in [0.2, 0.25) is 5.56 Å². The third kappa shape index (κ3) is 2.85. The van der Waals surface area contributed by atoms with Crippen LogP contribution in [0.5, 0.6) is 5.75 Å². The standard InChI is InChI=1S/C13H11ClNO2.Y/c1-8-7-9(16)3-4-10(8)12-6-5-11(14)13(17)15(12)2;/h3-5,7,16H,1-2H3;/q-1;. The molecule has 0 unspecified atom stereocenters. The molecule has 0 fully saturated rings. The molecular formula is C13H11ClNO2Y-. The maximum atomic E-state index is 11.7. The number of hydrogen-bond donors (Lipinski definition) is 1. The molecule has 0 spiro atoms. The zero-order valence-electron chi connectivity index (χ0n) is 10.1. The summed E-state index contributed by atoms with van der Waals surface area (Å²) in [5, 5.41) is 9.50. The van der Waals surface area contributed by atoms with E-state index in [1.54, 1.807) is 25.2 Å². The quantitative estimate of drug-likeness (QED) is 0.813. The third-order valence-corrected chi connectivity index (χ3v) is 2.92. The van der Waals surface area contributed by atoms with Crippen LogP contribution in [0.4, 0.5) is 0 Å². The van der Waals surface area contributed by atoms with Crippen LogP contribution in [0.15, 0.2) is 29.1 Å². The molecule has 3 nitrogen and oxygen atoms in total. The molecule has 0 aliphatic carbocycles. The van der Waals surface area contributed by atoms with Crippen LogP contribution in [0.1, 0.15) is 5.56 Å². The van der Waals surface area contributed by atoms with E-state index in [1.165, 1.54) is 10.6 Å². The van der Waals surface area contributed by atoms with Crippen molar-refractivity contribution in [3.8, 4) is 17.0 Å². The van der Waals surface area contributed by atoms with E-state index in [0.29, 0.717) is 5.69 Å². The number of aromatic nitrogens is 1. The molecule has 0 amide bonds. The summed E-state index contributed by atoms with van der Waals surface area (Å²) < 4.78 is 1.45. The van der Waals surface area contributed by atoms with Crippen LogP contribution in [0.3, 0.4) is 0 Å². The van der Waals surface area contributed by atoms with Crippen molar-refractivity contribution >= 4 is 11.6 Å². The number of phenolic OH excluding ortho intramolecular Hbond substituents is 1. The number of pyridine rings is 1. The van der Waals surface area contributed by atoms with Gasteiger partial charge in [-0.3, -0.25) is 4.79 Å². The first-order chi connectivity index (χ1) is 8.00. The van der Waals surface area contributed by atoms with Crippen molar-refractivity contribution in [3.05, 3.63) is 51.3 Å². The van der Waals surface area contributed by atoms with Crippen molar-refractivity contribution in [2.24, 2.45) is 7.05 Å². The summed E-state index contributed by atoms with van der Waals surface area (Å²) in [6, 6.07) is 9.41. The second-order valence-corrected chi connectivity index (χ2v) is 4.26. The first-order valence-corrected chi connectivity index (χ1v) is 5.45. The van der Waals surface area contributed by atoms with Crippen LogP contribution in [0, 0.1) is 13.0 Å². The molecule has 18 heavy (non-hydrogen) atoms. The van der Waals surface area contributed by atoms with Gasteiger partial charge in [-0.2, -0.15) is 23.7 Å². The fourth-order valence-corrected chi connectivity index (χ4v) is 1.91. The number of halogens is 1. The van der Waals surface area contributed by atoms with Crippen LogP contribution < -0.4 is 5.56 Å². The molecule has 0 saturated carbocycles. The molecule has 2 rings (SSSR count). The van der Waals surface area contributed by atoms with Gasteiger partial charge in [0.15, 0.2) is 0 Å². The number of aryl methyl sites for hydroxylation is 1. The Morgan fingerprint density at radius 3 is 2.67 bits per heavy atom. The van der Waals surface area contributed by atoms with E-state index in [9.17, 15) is 9.90 Å². The zero-order chi connectivity index (χ0) is 12.6. The second-order valence-electron chi connectivity index (χ2n) is 3.85. The molecule has 1 N–H and O–H groups in total. The first-order valence-electron chi connectivity index (χ1n) is 5.08. The van der Waals surface area contributed by atoms with Crippen LogP contribution in [-0.2, 0) is 39.8 Å². The van der Waals surface area contributed by atoms with Gasteiger partial charge in [0.1, 0.15) is 5.75 Å². The van der Waals surface area contributed by atoms with E-state index >= 15 is 0 Å². The number of aromatic hydroxyl groups is 1. The molecule has 1 heterocycles. The van der Waals surface area contributed by atoms with Gasteiger partial charge < -0.3 is 9.67 Å². The summed E-state index contributed by atoms with van der Waals surface area (Å²) in [4.78, 5) is 11.7. The van der Waals surface area contributed by atoms with Crippen LogP contribution >= 0.6 is 11.6 Å². The van der Waals surface area contributed by atoms with Crippen molar-refractivity contribution in [1.82, 2.24) is 4.57 Å². The smallest absolute Gasteiger partial charge is 0.212 e. The Hall–Kier alpha value is -0.636.